The van der Waals surface area contributed by atoms with Crippen LogP contribution in [0.3, 0.4) is 0 Å². The fraction of sp³-hybridized carbons (Fsp3) is 0.167. The molecule has 0 fully saturated rings. The summed E-state index contributed by atoms with van der Waals surface area (Å²) in [6.07, 6.45) is 1.58. The van der Waals surface area contributed by atoms with Gasteiger partial charge in [0, 0.05) is 29.1 Å². The van der Waals surface area contributed by atoms with Crippen LogP contribution in [0, 0.1) is 11.3 Å². The van der Waals surface area contributed by atoms with Crippen LogP contribution in [0.15, 0.2) is 52.6 Å². The van der Waals surface area contributed by atoms with Gasteiger partial charge in [0.15, 0.2) is 5.78 Å². The number of carbonyl (C=O) groups excluding carboxylic acids is 1. The van der Waals surface area contributed by atoms with Gasteiger partial charge < -0.3 is 10.3 Å². The summed E-state index contributed by atoms with van der Waals surface area (Å²) in [4.78, 5) is 27.2. The molecule has 0 bridgehead atoms. The Bertz CT molecular complexity index is 915. The molecule has 0 spiro atoms. The first-order chi connectivity index (χ1) is 11.0. The van der Waals surface area contributed by atoms with E-state index in [9.17, 15) is 9.59 Å². The van der Waals surface area contributed by atoms with Crippen molar-refractivity contribution in [3.63, 3.8) is 0 Å². The van der Waals surface area contributed by atoms with E-state index in [2.05, 4.69) is 16.4 Å². The van der Waals surface area contributed by atoms with E-state index >= 15 is 0 Å². The molecule has 0 aliphatic carbocycles. The van der Waals surface area contributed by atoms with Gasteiger partial charge in [-0.15, -0.1) is 0 Å². The molecule has 0 saturated carbocycles. The van der Waals surface area contributed by atoms with E-state index in [0.29, 0.717) is 22.4 Å². The number of aromatic amines is 1. The first kappa shape index (κ1) is 14.8. The maximum absolute atomic E-state index is 12.4. The molecule has 0 saturated heterocycles. The number of rotatable bonds is 2. The summed E-state index contributed by atoms with van der Waals surface area (Å²) in [6.45, 7) is 3.33. The highest BCUT2D eigenvalue weighted by Crippen LogP contribution is 2.39. The number of Topliss-reactive ketones (excluding diaryl/α,β-unsaturated/α-hetero) is 1. The van der Waals surface area contributed by atoms with E-state index in [4.69, 9.17) is 5.26 Å². The van der Waals surface area contributed by atoms with Gasteiger partial charge in [-0.1, -0.05) is 12.1 Å². The normalized spacial score (nSPS) is 16.3. The lowest BCUT2D eigenvalue weighted by Gasteiger charge is -2.29. The average Bonchev–Trinajstić information content (AvgIpc) is 2.53. The number of anilines is 1. The predicted octanol–water partition coefficient (Wildman–Crippen LogP) is 2.67. The Morgan fingerprint density at radius 3 is 2.52 bits per heavy atom. The summed E-state index contributed by atoms with van der Waals surface area (Å²) >= 11 is 0. The Morgan fingerprint density at radius 2 is 1.91 bits per heavy atom. The maximum atomic E-state index is 12.4. The van der Waals surface area contributed by atoms with Crippen molar-refractivity contribution in [3.8, 4) is 6.07 Å². The third-order valence-electron chi connectivity index (χ3n) is 4.06. The van der Waals surface area contributed by atoms with Crippen LogP contribution in [0.2, 0.25) is 0 Å². The second-order valence-corrected chi connectivity index (χ2v) is 5.52. The summed E-state index contributed by atoms with van der Waals surface area (Å²) in [6, 6.07) is 10.8. The van der Waals surface area contributed by atoms with Gasteiger partial charge in [-0.2, -0.15) is 5.26 Å². The van der Waals surface area contributed by atoms with Crippen molar-refractivity contribution in [1.82, 2.24) is 4.98 Å². The number of nitrogens with zero attached hydrogens (tertiary/aromatic N) is 1. The van der Waals surface area contributed by atoms with Crippen molar-refractivity contribution in [2.45, 2.75) is 19.8 Å². The number of nitriles is 1. The topological polar surface area (TPSA) is 85.8 Å². The minimum atomic E-state index is -0.443. The molecule has 2 aromatic rings. The third-order valence-corrected chi connectivity index (χ3v) is 4.06. The molecule has 23 heavy (non-hydrogen) atoms. The van der Waals surface area contributed by atoms with Crippen LogP contribution in [0.1, 0.15) is 36.5 Å². The SMILES string of the molecule is CC(=O)C1=C(C)Nc2cc[nH]c(=O)c2C1c1ccc(C#N)cc1. The molecule has 2 N–H and O–H groups in total. The second-order valence-electron chi connectivity index (χ2n) is 5.52. The molecule has 1 unspecified atom stereocenters. The Morgan fingerprint density at radius 1 is 1.22 bits per heavy atom. The fourth-order valence-electron chi connectivity index (χ4n) is 3.07. The van der Waals surface area contributed by atoms with Crippen LogP contribution in [0.4, 0.5) is 5.69 Å². The van der Waals surface area contributed by atoms with Crippen molar-refractivity contribution in [2.75, 3.05) is 5.32 Å². The third kappa shape index (κ3) is 2.44. The number of nitrogens with one attached hydrogen (secondary N) is 2. The van der Waals surface area contributed by atoms with Crippen molar-refractivity contribution < 1.29 is 4.79 Å². The highest BCUT2D eigenvalue weighted by atomic mass is 16.1. The number of hydrogen-bond donors (Lipinski definition) is 2. The molecule has 3 rings (SSSR count). The molecule has 1 aliphatic rings. The van der Waals surface area contributed by atoms with Gasteiger partial charge in [0.1, 0.15) is 0 Å². The Kier molecular flexibility index (Phi) is 3.59. The highest BCUT2D eigenvalue weighted by molar-refractivity contribution is 5.98. The number of hydrogen-bond acceptors (Lipinski definition) is 4. The summed E-state index contributed by atoms with van der Waals surface area (Å²) in [5.41, 5.74) is 3.65. The fourth-order valence-corrected chi connectivity index (χ4v) is 3.07. The number of fused-ring (bicyclic) bond motifs is 1. The lowest BCUT2D eigenvalue weighted by atomic mass is 9.80. The van der Waals surface area contributed by atoms with E-state index in [0.717, 1.165) is 11.3 Å². The maximum Gasteiger partial charge on any atom is 0.254 e. The molecule has 1 aliphatic heterocycles. The quantitative estimate of drug-likeness (QED) is 0.893. The van der Waals surface area contributed by atoms with Crippen molar-refractivity contribution in [1.29, 1.82) is 5.26 Å². The number of benzene rings is 1. The van der Waals surface area contributed by atoms with Gasteiger partial charge in [0.2, 0.25) is 0 Å². The predicted molar refractivity (Wildman–Crippen MR) is 87.1 cm³/mol. The molecule has 5 heteroatoms. The molecule has 5 nitrogen and oxygen atoms in total. The average molecular weight is 305 g/mol. The molecule has 0 radical (unpaired) electrons. The van der Waals surface area contributed by atoms with Crippen molar-refractivity contribution in [3.05, 3.63) is 74.8 Å². The van der Waals surface area contributed by atoms with Crippen LogP contribution in [-0.2, 0) is 4.79 Å². The minimum Gasteiger partial charge on any atom is -0.358 e. The standard InChI is InChI=1S/C18H15N3O2/c1-10-15(11(2)22)16(13-5-3-12(9-19)4-6-13)17-14(21-10)7-8-20-18(17)23/h3-8,16,21H,1-2H3,(H,20,23). The number of ketones is 1. The van der Waals surface area contributed by atoms with Gasteiger partial charge in [0.05, 0.1) is 17.2 Å². The Labute approximate surface area is 133 Å². The lowest BCUT2D eigenvalue weighted by Crippen LogP contribution is -2.28. The smallest absolute Gasteiger partial charge is 0.254 e. The van der Waals surface area contributed by atoms with Gasteiger partial charge in [-0.25, -0.2) is 0 Å². The molecular weight excluding hydrogens is 290 g/mol. The van der Waals surface area contributed by atoms with E-state index in [1.54, 1.807) is 36.5 Å². The number of pyridine rings is 1. The monoisotopic (exact) mass is 305 g/mol. The van der Waals surface area contributed by atoms with Crippen LogP contribution in [0.25, 0.3) is 0 Å². The van der Waals surface area contributed by atoms with Crippen molar-refractivity contribution in [2.24, 2.45) is 0 Å². The number of allylic oxidation sites excluding steroid dienone is 2. The van der Waals surface area contributed by atoms with E-state index < -0.39 is 5.92 Å². The summed E-state index contributed by atoms with van der Waals surface area (Å²) < 4.78 is 0. The van der Waals surface area contributed by atoms with E-state index in [1.807, 2.05) is 6.92 Å². The van der Waals surface area contributed by atoms with Crippen molar-refractivity contribution >= 4 is 11.5 Å². The van der Waals surface area contributed by atoms with Crippen LogP contribution >= 0.6 is 0 Å². The van der Waals surface area contributed by atoms with Gasteiger partial charge in [-0.05, 0) is 37.6 Å². The zero-order valence-corrected chi connectivity index (χ0v) is 12.8. The van der Waals surface area contributed by atoms with Gasteiger partial charge in [-0.3, -0.25) is 9.59 Å². The zero-order chi connectivity index (χ0) is 16.6. The molecule has 0 amide bonds. The molecule has 1 aromatic carbocycles. The molecule has 2 heterocycles. The first-order valence-electron chi connectivity index (χ1n) is 7.23. The number of carbonyl (C=O) groups is 1. The van der Waals surface area contributed by atoms with Crippen LogP contribution in [-0.4, -0.2) is 10.8 Å². The Balaban J connectivity index is 2.27. The molecule has 1 atom stereocenters. The lowest BCUT2D eigenvalue weighted by molar-refractivity contribution is -0.113. The summed E-state index contributed by atoms with van der Waals surface area (Å²) in [5, 5.41) is 12.1. The highest BCUT2D eigenvalue weighted by Gasteiger charge is 2.32. The number of H-pyrrole nitrogens is 1. The first-order valence-corrected chi connectivity index (χ1v) is 7.23. The second kappa shape index (κ2) is 5.58. The Hall–Kier alpha value is -3.13. The van der Waals surface area contributed by atoms with Crippen LogP contribution in [0.5, 0.6) is 0 Å². The number of aromatic nitrogens is 1. The minimum absolute atomic E-state index is 0.0849. The molecule has 114 valence electrons. The largest absolute Gasteiger partial charge is 0.358 e. The summed E-state index contributed by atoms with van der Waals surface area (Å²) in [7, 11) is 0. The molecular formula is C18H15N3O2. The molecule has 1 aromatic heterocycles. The van der Waals surface area contributed by atoms with E-state index in [-0.39, 0.29) is 11.3 Å². The summed E-state index contributed by atoms with van der Waals surface area (Å²) in [5.74, 6) is -0.528. The zero-order valence-electron chi connectivity index (χ0n) is 12.8. The van der Waals surface area contributed by atoms with Gasteiger partial charge >= 0.3 is 0 Å². The van der Waals surface area contributed by atoms with E-state index in [1.165, 1.54) is 6.92 Å². The van der Waals surface area contributed by atoms with Crippen LogP contribution < -0.4 is 10.9 Å². The van der Waals surface area contributed by atoms with Gasteiger partial charge in [0.25, 0.3) is 5.56 Å².